The van der Waals surface area contributed by atoms with Crippen molar-refractivity contribution in [1.82, 2.24) is 0 Å². The third-order valence-electron chi connectivity index (χ3n) is 3.19. The van der Waals surface area contributed by atoms with Crippen LogP contribution in [0.4, 0.5) is 0 Å². The Kier molecular flexibility index (Phi) is 2.67. The van der Waals surface area contributed by atoms with Crippen molar-refractivity contribution in [2.24, 2.45) is 5.73 Å². The number of fused-ring (bicyclic) bond motifs is 1. The Morgan fingerprint density at radius 1 is 1.47 bits per heavy atom. The first-order valence-electron chi connectivity index (χ1n) is 5.25. The summed E-state index contributed by atoms with van der Waals surface area (Å²) in [6.45, 7) is 2.02. The van der Waals surface area contributed by atoms with E-state index in [0.717, 1.165) is 28.9 Å². The molecule has 2 unspecified atom stereocenters. The number of benzene rings is 1. The molecule has 1 aliphatic carbocycles. The van der Waals surface area contributed by atoms with Gasteiger partial charge < -0.3 is 15.6 Å². The number of nitrogens with two attached hydrogens (primary N) is 1. The third kappa shape index (κ3) is 1.62. The van der Waals surface area contributed by atoms with Gasteiger partial charge in [-0.3, -0.25) is 0 Å². The maximum Gasteiger partial charge on any atom is 0.122 e. The summed E-state index contributed by atoms with van der Waals surface area (Å²) in [4.78, 5) is 0. The second kappa shape index (κ2) is 3.83. The van der Waals surface area contributed by atoms with Gasteiger partial charge in [-0.15, -0.1) is 0 Å². The predicted octanol–water partition coefficient (Wildman–Crippen LogP) is 1.31. The third-order valence-corrected chi connectivity index (χ3v) is 3.19. The SMILES string of the molecule is COc1ccc(C)c2c1CCC(O)C2N. The normalized spacial score (nSPS) is 24.8. The molecule has 1 aromatic carbocycles. The Bertz CT molecular complexity index is 376. The topological polar surface area (TPSA) is 55.5 Å². The van der Waals surface area contributed by atoms with E-state index in [1.54, 1.807) is 7.11 Å². The van der Waals surface area contributed by atoms with Crippen molar-refractivity contribution in [3.63, 3.8) is 0 Å². The van der Waals surface area contributed by atoms with Crippen molar-refractivity contribution in [2.45, 2.75) is 31.9 Å². The summed E-state index contributed by atoms with van der Waals surface area (Å²) in [5.41, 5.74) is 9.37. The van der Waals surface area contributed by atoms with Crippen LogP contribution in [0.1, 0.15) is 29.2 Å². The lowest BCUT2D eigenvalue weighted by Crippen LogP contribution is -2.32. The van der Waals surface area contributed by atoms with Crippen LogP contribution < -0.4 is 10.5 Å². The van der Waals surface area contributed by atoms with Crippen LogP contribution >= 0.6 is 0 Å². The molecule has 0 saturated carbocycles. The summed E-state index contributed by atoms with van der Waals surface area (Å²) in [5, 5.41) is 9.75. The van der Waals surface area contributed by atoms with Gasteiger partial charge in [-0.25, -0.2) is 0 Å². The summed E-state index contributed by atoms with van der Waals surface area (Å²) in [6.07, 6.45) is 1.13. The van der Waals surface area contributed by atoms with Crippen molar-refractivity contribution in [1.29, 1.82) is 0 Å². The largest absolute Gasteiger partial charge is 0.496 e. The zero-order valence-corrected chi connectivity index (χ0v) is 9.16. The highest BCUT2D eigenvalue weighted by atomic mass is 16.5. The van der Waals surface area contributed by atoms with E-state index in [4.69, 9.17) is 10.5 Å². The molecule has 3 N–H and O–H groups in total. The van der Waals surface area contributed by atoms with Gasteiger partial charge in [0, 0.05) is 0 Å². The minimum absolute atomic E-state index is 0.274. The summed E-state index contributed by atoms with van der Waals surface area (Å²) in [7, 11) is 1.67. The van der Waals surface area contributed by atoms with Crippen molar-refractivity contribution in [3.05, 3.63) is 28.8 Å². The molecule has 0 spiro atoms. The van der Waals surface area contributed by atoms with Gasteiger partial charge in [0.1, 0.15) is 5.75 Å². The van der Waals surface area contributed by atoms with E-state index in [1.807, 2.05) is 19.1 Å². The molecule has 3 heteroatoms. The maximum atomic E-state index is 9.75. The molecule has 82 valence electrons. The molecule has 0 aromatic heterocycles. The fourth-order valence-corrected chi connectivity index (χ4v) is 2.34. The molecule has 1 aliphatic rings. The number of ether oxygens (including phenoxy) is 1. The molecule has 1 aromatic rings. The molecular weight excluding hydrogens is 190 g/mol. The molecule has 0 fully saturated rings. The van der Waals surface area contributed by atoms with Crippen LogP contribution in [0.25, 0.3) is 0 Å². The highest BCUT2D eigenvalue weighted by Gasteiger charge is 2.28. The van der Waals surface area contributed by atoms with Gasteiger partial charge in [-0.05, 0) is 42.5 Å². The summed E-state index contributed by atoms with van der Waals surface area (Å²) in [6, 6.07) is 3.69. The Labute approximate surface area is 89.9 Å². The van der Waals surface area contributed by atoms with Gasteiger partial charge in [0.2, 0.25) is 0 Å². The molecule has 2 rings (SSSR count). The lowest BCUT2D eigenvalue weighted by Gasteiger charge is -2.30. The Hall–Kier alpha value is -1.06. The van der Waals surface area contributed by atoms with Gasteiger partial charge in [0.05, 0.1) is 19.3 Å². The van der Waals surface area contributed by atoms with Crippen molar-refractivity contribution < 1.29 is 9.84 Å². The number of methoxy groups -OCH3 is 1. The number of aryl methyl sites for hydroxylation is 1. The number of hydrogen-bond donors (Lipinski definition) is 2. The van der Waals surface area contributed by atoms with Crippen LogP contribution in [0.3, 0.4) is 0 Å². The van der Waals surface area contributed by atoms with Crippen LogP contribution in [0.2, 0.25) is 0 Å². The molecule has 0 amide bonds. The van der Waals surface area contributed by atoms with E-state index in [9.17, 15) is 5.11 Å². The molecule has 2 atom stereocenters. The van der Waals surface area contributed by atoms with Crippen LogP contribution in [-0.4, -0.2) is 18.3 Å². The van der Waals surface area contributed by atoms with E-state index in [-0.39, 0.29) is 6.04 Å². The Morgan fingerprint density at radius 3 is 2.87 bits per heavy atom. The van der Waals surface area contributed by atoms with Crippen molar-refractivity contribution in [3.8, 4) is 5.75 Å². The maximum absolute atomic E-state index is 9.75. The standard InChI is InChI=1S/C12H17NO2/c1-7-3-6-10(15-2)8-4-5-9(14)12(13)11(7)8/h3,6,9,12,14H,4-5,13H2,1-2H3. The van der Waals surface area contributed by atoms with E-state index in [1.165, 1.54) is 0 Å². The summed E-state index contributed by atoms with van der Waals surface area (Å²) < 4.78 is 5.31. The van der Waals surface area contributed by atoms with Gasteiger partial charge in [0.15, 0.2) is 0 Å². The first kappa shape index (κ1) is 10.5. The number of rotatable bonds is 1. The van der Waals surface area contributed by atoms with Gasteiger partial charge in [-0.1, -0.05) is 6.07 Å². The molecule has 0 bridgehead atoms. The predicted molar refractivity (Wildman–Crippen MR) is 59.0 cm³/mol. The second-order valence-corrected chi connectivity index (χ2v) is 4.11. The lowest BCUT2D eigenvalue weighted by molar-refractivity contribution is 0.127. The second-order valence-electron chi connectivity index (χ2n) is 4.11. The zero-order valence-electron chi connectivity index (χ0n) is 9.16. The van der Waals surface area contributed by atoms with E-state index >= 15 is 0 Å². The van der Waals surface area contributed by atoms with Crippen LogP contribution in [0.15, 0.2) is 12.1 Å². The van der Waals surface area contributed by atoms with Crippen LogP contribution in [0.5, 0.6) is 5.75 Å². The Balaban J connectivity index is 2.56. The molecule has 0 heterocycles. The highest BCUT2D eigenvalue weighted by molar-refractivity contribution is 5.48. The molecule has 0 saturated heterocycles. The molecule has 3 nitrogen and oxygen atoms in total. The smallest absolute Gasteiger partial charge is 0.122 e. The number of aliphatic hydroxyl groups excluding tert-OH is 1. The highest BCUT2D eigenvalue weighted by Crippen LogP contribution is 2.36. The lowest BCUT2D eigenvalue weighted by atomic mass is 9.83. The van der Waals surface area contributed by atoms with Gasteiger partial charge >= 0.3 is 0 Å². The van der Waals surface area contributed by atoms with Gasteiger partial charge in [-0.2, -0.15) is 0 Å². The van der Waals surface area contributed by atoms with Crippen LogP contribution in [0, 0.1) is 6.92 Å². The van der Waals surface area contributed by atoms with Crippen LogP contribution in [-0.2, 0) is 6.42 Å². The average molecular weight is 207 g/mol. The molecule has 0 radical (unpaired) electrons. The monoisotopic (exact) mass is 207 g/mol. The van der Waals surface area contributed by atoms with E-state index in [2.05, 4.69) is 0 Å². The fraction of sp³-hybridized carbons (Fsp3) is 0.500. The van der Waals surface area contributed by atoms with E-state index < -0.39 is 6.10 Å². The Morgan fingerprint density at radius 2 is 2.20 bits per heavy atom. The number of hydrogen-bond acceptors (Lipinski definition) is 3. The summed E-state index contributed by atoms with van der Waals surface area (Å²) >= 11 is 0. The molecule has 15 heavy (non-hydrogen) atoms. The van der Waals surface area contributed by atoms with E-state index in [0.29, 0.717) is 6.42 Å². The minimum atomic E-state index is -0.427. The van der Waals surface area contributed by atoms with Crippen molar-refractivity contribution in [2.75, 3.05) is 7.11 Å². The van der Waals surface area contributed by atoms with Gasteiger partial charge in [0.25, 0.3) is 0 Å². The minimum Gasteiger partial charge on any atom is -0.496 e. The number of aliphatic hydroxyl groups is 1. The molecule has 0 aliphatic heterocycles. The summed E-state index contributed by atoms with van der Waals surface area (Å²) in [5.74, 6) is 0.887. The first-order chi connectivity index (χ1) is 7.15. The first-order valence-corrected chi connectivity index (χ1v) is 5.25. The fourth-order valence-electron chi connectivity index (χ4n) is 2.34. The zero-order chi connectivity index (χ0) is 11.0. The molecular formula is C12H17NO2. The quantitative estimate of drug-likeness (QED) is 0.730. The van der Waals surface area contributed by atoms with Crippen molar-refractivity contribution >= 4 is 0 Å². The average Bonchev–Trinajstić information content (AvgIpc) is 2.24.